The number of morpholine rings is 1. The van der Waals surface area contributed by atoms with E-state index in [4.69, 9.17) is 4.74 Å². The Bertz CT molecular complexity index is 1410. The van der Waals surface area contributed by atoms with E-state index in [0.717, 1.165) is 12.1 Å². The van der Waals surface area contributed by atoms with E-state index in [1.54, 1.807) is 4.90 Å². The third kappa shape index (κ3) is 5.29. The highest BCUT2D eigenvalue weighted by Crippen LogP contribution is 2.39. The fourth-order valence-electron chi connectivity index (χ4n) is 4.88. The number of halogens is 4. The topological polar surface area (TPSA) is 100 Å². The Morgan fingerprint density at radius 3 is 2.46 bits per heavy atom. The lowest BCUT2D eigenvalue weighted by molar-refractivity contribution is -0.138. The fraction of sp³-hybridized carbons (Fsp3) is 0.440. The van der Waals surface area contributed by atoms with Crippen LogP contribution < -0.4 is 10.9 Å². The number of anilines is 1. The summed E-state index contributed by atoms with van der Waals surface area (Å²) in [5, 5.41) is 2.69. The Labute approximate surface area is 210 Å². The van der Waals surface area contributed by atoms with Crippen LogP contribution in [0.25, 0.3) is 10.9 Å². The molecule has 12 heteroatoms. The van der Waals surface area contributed by atoms with Gasteiger partial charge in [0.05, 0.1) is 40.3 Å². The van der Waals surface area contributed by atoms with Gasteiger partial charge in [0.2, 0.25) is 0 Å². The molecule has 3 aromatic rings. The number of benzene rings is 1. The van der Waals surface area contributed by atoms with Crippen LogP contribution in [0, 0.1) is 19.7 Å². The summed E-state index contributed by atoms with van der Waals surface area (Å²) in [4.78, 5) is 37.5. The number of pyridine rings is 1. The van der Waals surface area contributed by atoms with Crippen molar-refractivity contribution >= 4 is 22.6 Å². The van der Waals surface area contributed by atoms with Crippen molar-refractivity contribution in [2.24, 2.45) is 0 Å². The van der Waals surface area contributed by atoms with Crippen molar-refractivity contribution in [2.75, 3.05) is 18.4 Å². The number of carbonyl (C=O) groups excluding carboxylic acids is 1. The zero-order valence-corrected chi connectivity index (χ0v) is 21.0. The molecular weight excluding hydrogens is 494 g/mol. The van der Waals surface area contributed by atoms with Crippen LogP contribution in [-0.4, -0.2) is 51.1 Å². The minimum Gasteiger partial charge on any atom is -0.372 e. The monoisotopic (exact) mass is 521 g/mol. The van der Waals surface area contributed by atoms with E-state index in [2.05, 4.69) is 20.3 Å². The molecule has 198 valence electrons. The first-order valence-corrected chi connectivity index (χ1v) is 11.7. The smallest absolute Gasteiger partial charge is 0.372 e. The highest BCUT2D eigenvalue weighted by atomic mass is 19.4. The quantitative estimate of drug-likeness (QED) is 0.490. The molecule has 8 nitrogen and oxygen atoms in total. The molecule has 37 heavy (non-hydrogen) atoms. The number of H-pyrrole nitrogens is 1. The summed E-state index contributed by atoms with van der Waals surface area (Å²) in [7, 11) is 0. The van der Waals surface area contributed by atoms with Gasteiger partial charge in [-0.25, -0.2) is 14.4 Å². The van der Waals surface area contributed by atoms with Crippen molar-refractivity contribution in [1.29, 1.82) is 0 Å². The van der Waals surface area contributed by atoms with Crippen LogP contribution in [-0.2, 0) is 10.9 Å². The molecule has 0 bridgehead atoms. The number of amides is 1. The number of fused-ring (bicyclic) bond motifs is 1. The number of aromatic nitrogens is 3. The van der Waals surface area contributed by atoms with Gasteiger partial charge in [0.1, 0.15) is 5.82 Å². The predicted octanol–water partition coefficient (Wildman–Crippen LogP) is 4.52. The van der Waals surface area contributed by atoms with Gasteiger partial charge in [0.25, 0.3) is 11.5 Å². The number of nitrogens with one attached hydrogen (secondary N) is 2. The first-order valence-electron chi connectivity index (χ1n) is 11.7. The third-order valence-corrected chi connectivity index (χ3v) is 6.30. The molecule has 3 atom stereocenters. The minimum atomic E-state index is -4.75. The van der Waals surface area contributed by atoms with Crippen molar-refractivity contribution in [2.45, 2.75) is 59.0 Å². The molecule has 3 heterocycles. The summed E-state index contributed by atoms with van der Waals surface area (Å²) in [6.45, 7) is 8.64. The summed E-state index contributed by atoms with van der Waals surface area (Å²) in [5.74, 6) is -1.45. The number of rotatable bonds is 4. The van der Waals surface area contributed by atoms with Gasteiger partial charge in [-0.05, 0) is 57.9 Å². The average molecular weight is 522 g/mol. The maximum atomic E-state index is 15.0. The van der Waals surface area contributed by atoms with Gasteiger partial charge in [-0.1, -0.05) is 0 Å². The van der Waals surface area contributed by atoms with Gasteiger partial charge >= 0.3 is 6.18 Å². The molecule has 0 aliphatic carbocycles. The fourth-order valence-corrected chi connectivity index (χ4v) is 4.88. The van der Waals surface area contributed by atoms with E-state index in [1.807, 2.05) is 13.8 Å². The molecule has 1 aliphatic heterocycles. The van der Waals surface area contributed by atoms with Crippen LogP contribution in [0.15, 0.2) is 23.1 Å². The third-order valence-electron chi connectivity index (χ3n) is 6.30. The SMILES string of the molecule is Cc1nc2cc(C(F)(F)F)c([C@H](C)Nc3ncc(C(=O)N4C[C@@H](C)O[C@@H](C)C4)cc3F)c(C)c2c(=O)[nH]1. The van der Waals surface area contributed by atoms with E-state index in [1.165, 1.54) is 27.0 Å². The van der Waals surface area contributed by atoms with Crippen LogP contribution in [0.2, 0.25) is 0 Å². The zero-order chi connectivity index (χ0) is 27.2. The lowest BCUT2D eigenvalue weighted by Gasteiger charge is -2.35. The van der Waals surface area contributed by atoms with Gasteiger partial charge in [-0.3, -0.25) is 9.59 Å². The van der Waals surface area contributed by atoms with Gasteiger partial charge in [0.15, 0.2) is 11.6 Å². The summed E-state index contributed by atoms with van der Waals surface area (Å²) in [6, 6.07) is 0.740. The normalized spacial score (nSPS) is 19.2. The molecular formula is C25H27F4N5O3. The van der Waals surface area contributed by atoms with Crippen molar-refractivity contribution in [3.8, 4) is 0 Å². The van der Waals surface area contributed by atoms with Gasteiger partial charge in [-0.15, -0.1) is 0 Å². The van der Waals surface area contributed by atoms with E-state index in [9.17, 15) is 27.2 Å². The average Bonchev–Trinajstić information content (AvgIpc) is 2.77. The summed E-state index contributed by atoms with van der Waals surface area (Å²) in [5.41, 5.74) is -1.78. The summed E-state index contributed by atoms with van der Waals surface area (Å²) < 4.78 is 62.7. The first-order chi connectivity index (χ1) is 17.3. The van der Waals surface area contributed by atoms with Crippen molar-refractivity contribution in [1.82, 2.24) is 19.9 Å². The van der Waals surface area contributed by atoms with Crippen molar-refractivity contribution in [3.05, 3.63) is 62.6 Å². The Hall–Kier alpha value is -3.54. The molecule has 1 amide bonds. The number of alkyl halides is 3. The van der Waals surface area contributed by atoms with Crippen LogP contribution in [0.3, 0.4) is 0 Å². The molecule has 2 N–H and O–H groups in total. The van der Waals surface area contributed by atoms with E-state index in [-0.39, 0.29) is 51.4 Å². The van der Waals surface area contributed by atoms with E-state index >= 15 is 0 Å². The number of hydrogen-bond acceptors (Lipinski definition) is 6. The molecule has 0 radical (unpaired) electrons. The molecule has 0 unspecified atom stereocenters. The standard InChI is InChI=1S/C25H27F4N5O3/c1-11-9-34(10-12(2)37-11)24(36)16-6-18(26)22(30-8-16)31-14(4)20-13(3)21-19(7-17(20)25(27,28)29)32-15(5)33-23(21)35/h6-8,11-12,14H,9-10H2,1-5H3,(H,30,31)(H,32,33,35)/t11-,12+,14-/m0/s1. The molecule has 2 aromatic heterocycles. The van der Waals surface area contributed by atoms with E-state index in [0.29, 0.717) is 13.1 Å². The molecule has 1 aromatic carbocycles. The lowest BCUT2D eigenvalue weighted by atomic mass is 9.92. The summed E-state index contributed by atoms with van der Waals surface area (Å²) >= 11 is 0. The van der Waals surface area contributed by atoms with Crippen LogP contribution >= 0.6 is 0 Å². The summed E-state index contributed by atoms with van der Waals surface area (Å²) in [6.07, 6.45) is -3.92. The highest BCUT2D eigenvalue weighted by molar-refractivity contribution is 5.94. The van der Waals surface area contributed by atoms with Gasteiger partial charge < -0.3 is 19.9 Å². The molecule has 1 fully saturated rings. The number of aromatic amines is 1. The Kier molecular flexibility index (Phi) is 6.97. The number of nitrogens with zero attached hydrogens (tertiary/aromatic N) is 3. The molecule has 1 aliphatic rings. The molecule has 1 saturated heterocycles. The van der Waals surface area contributed by atoms with Crippen molar-refractivity contribution < 1.29 is 27.1 Å². The van der Waals surface area contributed by atoms with Gasteiger partial charge in [0, 0.05) is 19.3 Å². The minimum absolute atomic E-state index is 0.0165. The van der Waals surface area contributed by atoms with E-state index < -0.39 is 35.1 Å². The number of carbonyl (C=O) groups is 1. The molecule has 0 saturated carbocycles. The number of hydrogen-bond donors (Lipinski definition) is 2. The Morgan fingerprint density at radius 1 is 1.22 bits per heavy atom. The second-order valence-corrected chi connectivity index (χ2v) is 9.39. The Morgan fingerprint density at radius 2 is 1.86 bits per heavy atom. The maximum absolute atomic E-state index is 15.0. The molecule has 0 spiro atoms. The first kappa shape index (κ1) is 26.5. The lowest BCUT2D eigenvalue weighted by Crippen LogP contribution is -2.48. The number of ether oxygens (including phenoxy) is 1. The highest BCUT2D eigenvalue weighted by Gasteiger charge is 2.37. The Balaban J connectivity index is 1.68. The largest absolute Gasteiger partial charge is 0.416 e. The second-order valence-electron chi connectivity index (χ2n) is 9.39. The van der Waals surface area contributed by atoms with Crippen LogP contribution in [0.1, 0.15) is 59.7 Å². The number of aryl methyl sites for hydroxylation is 2. The van der Waals surface area contributed by atoms with Crippen LogP contribution in [0.5, 0.6) is 0 Å². The maximum Gasteiger partial charge on any atom is 0.416 e. The van der Waals surface area contributed by atoms with Crippen molar-refractivity contribution in [3.63, 3.8) is 0 Å². The van der Waals surface area contributed by atoms with Gasteiger partial charge in [-0.2, -0.15) is 13.2 Å². The second kappa shape index (κ2) is 9.73. The van der Waals surface area contributed by atoms with Crippen LogP contribution in [0.4, 0.5) is 23.4 Å². The predicted molar refractivity (Wildman–Crippen MR) is 129 cm³/mol. The molecule has 4 rings (SSSR count). The zero-order valence-electron chi connectivity index (χ0n) is 21.0.